The molecule has 3 heteroatoms. The summed E-state index contributed by atoms with van der Waals surface area (Å²) in [5.41, 5.74) is 2.46. The predicted molar refractivity (Wildman–Crippen MR) is 84.8 cm³/mol. The summed E-state index contributed by atoms with van der Waals surface area (Å²) < 4.78 is 1.30. The van der Waals surface area contributed by atoms with Crippen LogP contribution in [0.4, 0.5) is 0 Å². The quantitative estimate of drug-likeness (QED) is 0.692. The average Bonchev–Trinajstić information content (AvgIpc) is 2.89. The molecule has 0 bridgehead atoms. The van der Waals surface area contributed by atoms with E-state index < -0.39 is 0 Å². The van der Waals surface area contributed by atoms with E-state index in [1.54, 1.807) is 11.3 Å². The zero-order valence-electron chi connectivity index (χ0n) is 12.0. The molecule has 1 unspecified atom stereocenters. The van der Waals surface area contributed by atoms with Gasteiger partial charge in [0.25, 0.3) is 0 Å². The summed E-state index contributed by atoms with van der Waals surface area (Å²) in [6.07, 6.45) is 8.55. The minimum Gasteiger partial charge on any atom is -0.310 e. The van der Waals surface area contributed by atoms with Gasteiger partial charge in [0.05, 0.1) is 10.2 Å². The SMILES string of the molecule is CCCCCCC(NCC)c1cnc2ccsc2c1. The molecular formula is C16H24N2S. The summed E-state index contributed by atoms with van der Waals surface area (Å²) in [7, 11) is 0. The summed E-state index contributed by atoms with van der Waals surface area (Å²) in [4.78, 5) is 4.56. The number of hydrogen-bond acceptors (Lipinski definition) is 3. The number of rotatable bonds is 8. The van der Waals surface area contributed by atoms with Crippen LogP contribution in [0.25, 0.3) is 10.2 Å². The van der Waals surface area contributed by atoms with Crippen LogP contribution in [0.5, 0.6) is 0 Å². The van der Waals surface area contributed by atoms with Crippen molar-refractivity contribution in [2.75, 3.05) is 6.54 Å². The van der Waals surface area contributed by atoms with Gasteiger partial charge in [-0.15, -0.1) is 11.3 Å². The number of nitrogens with zero attached hydrogens (tertiary/aromatic N) is 1. The standard InChI is InChI=1S/C16H24N2S/c1-3-5-6-7-8-14(17-4-2)13-11-16-15(18-12-13)9-10-19-16/h9-12,14,17H,3-8H2,1-2H3. The average molecular weight is 276 g/mol. The Hall–Kier alpha value is -0.930. The van der Waals surface area contributed by atoms with Crippen molar-refractivity contribution in [3.05, 3.63) is 29.3 Å². The van der Waals surface area contributed by atoms with Crippen molar-refractivity contribution in [1.29, 1.82) is 0 Å². The maximum absolute atomic E-state index is 4.56. The molecule has 0 aliphatic carbocycles. The summed E-state index contributed by atoms with van der Waals surface area (Å²) >= 11 is 1.78. The highest BCUT2D eigenvalue weighted by molar-refractivity contribution is 7.17. The van der Waals surface area contributed by atoms with Crippen LogP contribution in [-0.2, 0) is 0 Å². The van der Waals surface area contributed by atoms with Gasteiger partial charge in [-0.2, -0.15) is 0 Å². The first-order chi connectivity index (χ1) is 9.35. The summed E-state index contributed by atoms with van der Waals surface area (Å²) in [5.74, 6) is 0. The Morgan fingerprint density at radius 2 is 2.16 bits per heavy atom. The molecule has 104 valence electrons. The monoisotopic (exact) mass is 276 g/mol. The largest absolute Gasteiger partial charge is 0.310 e. The Labute approximate surface area is 120 Å². The number of unbranched alkanes of at least 4 members (excludes halogenated alkanes) is 3. The molecule has 0 amide bonds. The molecule has 0 aliphatic heterocycles. The second-order valence-electron chi connectivity index (χ2n) is 5.03. The lowest BCUT2D eigenvalue weighted by molar-refractivity contribution is 0.481. The zero-order chi connectivity index (χ0) is 13.5. The second-order valence-corrected chi connectivity index (χ2v) is 5.98. The lowest BCUT2D eigenvalue weighted by Gasteiger charge is -2.18. The van der Waals surface area contributed by atoms with Crippen molar-refractivity contribution in [2.24, 2.45) is 0 Å². The molecule has 2 aromatic heterocycles. The highest BCUT2D eigenvalue weighted by Crippen LogP contribution is 2.25. The fourth-order valence-corrected chi connectivity index (χ4v) is 3.25. The van der Waals surface area contributed by atoms with Crippen LogP contribution in [-0.4, -0.2) is 11.5 Å². The van der Waals surface area contributed by atoms with E-state index in [1.807, 2.05) is 6.20 Å². The van der Waals surface area contributed by atoms with Crippen LogP contribution < -0.4 is 5.32 Å². The van der Waals surface area contributed by atoms with E-state index >= 15 is 0 Å². The molecule has 0 aliphatic rings. The first-order valence-electron chi connectivity index (χ1n) is 7.41. The smallest absolute Gasteiger partial charge is 0.0809 e. The number of hydrogen-bond donors (Lipinski definition) is 1. The van der Waals surface area contributed by atoms with Crippen molar-refractivity contribution in [3.63, 3.8) is 0 Å². The Balaban J connectivity index is 2.03. The number of nitrogens with one attached hydrogen (secondary N) is 1. The molecule has 0 radical (unpaired) electrons. The molecular weight excluding hydrogens is 252 g/mol. The van der Waals surface area contributed by atoms with Gasteiger partial charge in [0.15, 0.2) is 0 Å². The van der Waals surface area contributed by atoms with Crippen molar-refractivity contribution >= 4 is 21.6 Å². The normalized spacial score (nSPS) is 12.9. The maximum Gasteiger partial charge on any atom is 0.0809 e. The molecule has 2 nitrogen and oxygen atoms in total. The molecule has 0 spiro atoms. The minimum atomic E-state index is 0.459. The molecule has 1 atom stereocenters. The van der Waals surface area contributed by atoms with Gasteiger partial charge < -0.3 is 5.32 Å². The van der Waals surface area contributed by atoms with Gasteiger partial charge in [0.2, 0.25) is 0 Å². The van der Waals surface area contributed by atoms with Gasteiger partial charge in [-0.25, -0.2) is 0 Å². The van der Waals surface area contributed by atoms with E-state index in [2.05, 4.69) is 41.7 Å². The first-order valence-corrected chi connectivity index (χ1v) is 8.29. The van der Waals surface area contributed by atoms with Crippen LogP contribution in [0.2, 0.25) is 0 Å². The first kappa shape index (κ1) is 14.5. The lowest BCUT2D eigenvalue weighted by Crippen LogP contribution is -2.21. The lowest BCUT2D eigenvalue weighted by atomic mass is 10.0. The molecule has 0 fully saturated rings. The topological polar surface area (TPSA) is 24.9 Å². The van der Waals surface area contributed by atoms with Gasteiger partial charge in [-0.3, -0.25) is 4.98 Å². The minimum absolute atomic E-state index is 0.459. The van der Waals surface area contributed by atoms with Crippen LogP contribution in [0.1, 0.15) is 57.6 Å². The van der Waals surface area contributed by atoms with E-state index in [0.717, 1.165) is 12.1 Å². The molecule has 0 saturated heterocycles. The maximum atomic E-state index is 4.56. The second kappa shape index (κ2) is 7.61. The number of pyridine rings is 1. The van der Waals surface area contributed by atoms with E-state index in [-0.39, 0.29) is 0 Å². The zero-order valence-corrected chi connectivity index (χ0v) is 12.8. The van der Waals surface area contributed by atoms with E-state index in [9.17, 15) is 0 Å². The summed E-state index contributed by atoms with van der Waals surface area (Å²) in [6.45, 7) is 5.45. The van der Waals surface area contributed by atoms with E-state index in [0.29, 0.717) is 6.04 Å². The Morgan fingerprint density at radius 1 is 1.26 bits per heavy atom. The number of fused-ring (bicyclic) bond motifs is 1. The van der Waals surface area contributed by atoms with Crippen LogP contribution in [0.15, 0.2) is 23.7 Å². The third-order valence-corrected chi connectivity index (χ3v) is 4.38. The molecule has 2 aromatic rings. The van der Waals surface area contributed by atoms with Gasteiger partial charge in [-0.05, 0) is 36.0 Å². The van der Waals surface area contributed by atoms with Crippen LogP contribution in [0, 0.1) is 0 Å². The predicted octanol–water partition coefficient (Wildman–Crippen LogP) is 4.92. The fourth-order valence-electron chi connectivity index (χ4n) is 2.46. The van der Waals surface area contributed by atoms with Gasteiger partial charge in [0, 0.05) is 12.2 Å². The van der Waals surface area contributed by atoms with Crippen molar-refractivity contribution in [3.8, 4) is 0 Å². The van der Waals surface area contributed by atoms with E-state index in [4.69, 9.17) is 0 Å². The third kappa shape index (κ3) is 4.02. The van der Waals surface area contributed by atoms with Crippen molar-refractivity contribution < 1.29 is 0 Å². The summed E-state index contributed by atoms with van der Waals surface area (Å²) in [5, 5.41) is 5.71. The van der Waals surface area contributed by atoms with Crippen molar-refractivity contribution in [2.45, 2.75) is 52.0 Å². The van der Waals surface area contributed by atoms with Crippen LogP contribution in [0.3, 0.4) is 0 Å². The molecule has 2 rings (SSSR count). The van der Waals surface area contributed by atoms with Gasteiger partial charge in [-0.1, -0.05) is 39.5 Å². The Kier molecular flexibility index (Phi) is 5.80. The van der Waals surface area contributed by atoms with Crippen molar-refractivity contribution in [1.82, 2.24) is 10.3 Å². The molecule has 1 N–H and O–H groups in total. The highest BCUT2D eigenvalue weighted by Gasteiger charge is 2.11. The highest BCUT2D eigenvalue weighted by atomic mass is 32.1. The van der Waals surface area contributed by atoms with Crippen LogP contribution >= 0.6 is 11.3 Å². The van der Waals surface area contributed by atoms with Gasteiger partial charge in [0.1, 0.15) is 0 Å². The fraction of sp³-hybridized carbons (Fsp3) is 0.562. The number of thiophene rings is 1. The molecule has 19 heavy (non-hydrogen) atoms. The molecule has 0 aromatic carbocycles. The Bertz CT molecular complexity index is 492. The molecule has 2 heterocycles. The molecule has 0 saturated carbocycles. The van der Waals surface area contributed by atoms with E-state index in [1.165, 1.54) is 42.4 Å². The Morgan fingerprint density at radius 3 is 2.95 bits per heavy atom. The third-order valence-electron chi connectivity index (χ3n) is 3.52. The number of aromatic nitrogens is 1. The van der Waals surface area contributed by atoms with Gasteiger partial charge >= 0.3 is 0 Å². The summed E-state index contributed by atoms with van der Waals surface area (Å²) in [6, 6.07) is 4.86.